The average molecular weight is 524 g/mol. The lowest BCUT2D eigenvalue weighted by atomic mass is 9.90. The van der Waals surface area contributed by atoms with Gasteiger partial charge in [-0.3, -0.25) is 14.6 Å². The molecule has 4 rings (SSSR count). The van der Waals surface area contributed by atoms with E-state index in [4.69, 9.17) is 0 Å². The van der Waals surface area contributed by atoms with Crippen LogP contribution in [-0.4, -0.2) is 39.0 Å². The molecular weight excluding hydrogens is 503 g/mol. The number of fused-ring (bicyclic) bond motifs is 1. The molecule has 1 fully saturated rings. The minimum absolute atomic E-state index is 0.145. The first-order valence-electron chi connectivity index (χ1n) is 10.3. The Morgan fingerprint density at radius 3 is 2.58 bits per heavy atom. The minimum Gasteiger partial charge on any atom is -0.509 e. The van der Waals surface area contributed by atoms with E-state index in [2.05, 4.69) is 21.2 Å². The number of benzene rings is 2. The molecule has 2 aliphatic heterocycles. The molecule has 2 aromatic carbocycles. The van der Waals surface area contributed by atoms with Gasteiger partial charge in [-0.2, -0.15) is 0 Å². The zero-order valence-corrected chi connectivity index (χ0v) is 19.5. The number of nitrogens with zero attached hydrogens (tertiary/aromatic N) is 2. The predicted molar refractivity (Wildman–Crippen MR) is 118 cm³/mol. The van der Waals surface area contributed by atoms with Crippen molar-refractivity contribution in [3.63, 3.8) is 0 Å². The van der Waals surface area contributed by atoms with Gasteiger partial charge in [0.2, 0.25) is 0 Å². The summed E-state index contributed by atoms with van der Waals surface area (Å²) >= 11 is 2.75. The van der Waals surface area contributed by atoms with Gasteiger partial charge in [-0.1, -0.05) is 18.2 Å². The van der Waals surface area contributed by atoms with Gasteiger partial charge in [0.1, 0.15) is 28.8 Å². The summed E-state index contributed by atoms with van der Waals surface area (Å²) in [5.74, 6) is -4.62. The molecule has 0 radical (unpaired) electrons. The Morgan fingerprint density at radius 1 is 1.24 bits per heavy atom. The molecule has 2 aliphatic rings. The fourth-order valence-electron chi connectivity index (χ4n) is 4.36. The maximum absolute atomic E-state index is 14.7. The first-order chi connectivity index (χ1) is 15.5. The smallest absolute Gasteiger partial charge is 0.277 e. The van der Waals surface area contributed by atoms with Crippen molar-refractivity contribution in [1.29, 1.82) is 0 Å². The monoisotopic (exact) mass is 523 g/mol. The highest BCUT2D eigenvalue weighted by Crippen LogP contribution is 2.42. The van der Waals surface area contributed by atoms with Crippen molar-refractivity contribution in [2.45, 2.75) is 38.8 Å². The van der Waals surface area contributed by atoms with Crippen molar-refractivity contribution in [1.82, 2.24) is 10.0 Å². The second-order valence-electron chi connectivity index (χ2n) is 8.34. The van der Waals surface area contributed by atoms with Gasteiger partial charge in [-0.25, -0.2) is 18.2 Å². The largest absolute Gasteiger partial charge is 0.509 e. The van der Waals surface area contributed by atoms with Crippen LogP contribution >= 0.6 is 15.9 Å². The summed E-state index contributed by atoms with van der Waals surface area (Å²) in [5, 5.41) is 16.1. The third kappa shape index (κ3) is 3.91. The molecule has 0 bridgehead atoms. The molecule has 0 unspecified atom stereocenters. The molecule has 174 valence electrons. The molecule has 6 nitrogen and oxygen atoms in total. The topological polar surface area (TPSA) is 72.9 Å². The summed E-state index contributed by atoms with van der Waals surface area (Å²) in [6.07, 6.45) is 1.09. The summed E-state index contributed by atoms with van der Waals surface area (Å²) < 4.78 is 42.0. The zero-order valence-electron chi connectivity index (χ0n) is 17.9. The molecule has 1 saturated heterocycles. The summed E-state index contributed by atoms with van der Waals surface area (Å²) in [4.78, 5) is 26.4. The molecule has 0 saturated carbocycles. The van der Waals surface area contributed by atoms with Gasteiger partial charge in [0.15, 0.2) is 0 Å². The van der Waals surface area contributed by atoms with Crippen LogP contribution in [0.15, 0.2) is 46.1 Å². The van der Waals surface area contributed by atoms with E-state index in [-0.39, 0.29) is 17.8 Å². The first kappa shape index (κ1) is 23.3. The summed E-state index contributed by atoms with van der Waals surface area (Å²) in [7, 11) is 0. The summed E-state index contributed by atoms with van der Waals surface area (Å²) in [6.45, 7) is 3.58. The Bertz CT molecular complexity index is 1180. The summed E-state index contributed by atoms with van der Waals surface area (Å²) in [5.41, 5.74) is -1.15. The van der Waals surface area contributed by atoms with Gasteiger partial charge in [0.25, 0.3) is 11.8 Å². The van der Waals surface area contributed by atoms with E-state index in [1.807, 2.05) is 0 Å². The van der Waals surface area contributed by atoms with Crippen molar-refractivity contribution in [2.75, 3.05) is 11.9 Å². The molecule has 2 aromatic rings. The predicted octanol–water partition coefficient (Wildman–Crippen LogP) is 4.74. The number of hydrogen-bond donors (Lipinski definition) is 2. The third-order valence-electron chi connectivity index (χ3n) is 6.15. The zero-order chi connectivity index (χ0) is 24.1. The fraction of sp³-hybridized carbons (Fsp3) is 0.304. The van der Waals surface area contributed by atoms with Crippen LogP contribution in [0.2, 0.25) is 0 Å². The quantitative estimate of drug-likeness (QED) is 0.448. The Morgan fingerprint density at radius 2 is 1.91 bits per heavy atom. The van der Waals surface area contributed by atoms with Crippen molar-refractivity contribution >= 4 is 33.4 Å². The van der Waals surface area contributed by atoms with Crippen LogP contribution < -0.4 is 5.32 Å². The molecule has 2 N–H and O–H groups in total. The number of halogens is 4. The van der Waals surface area contributed by atoms with Gasteiger partial charge in [-0.15, -0.1) is 0 Å². The van der Waals surface area contributed by atoms with E-state index in [0.29, 0.717) is 24.9 Å². The molecule has 1 atom stereocenters. The van der Waals surface area contributed by atoms with Crippen LogP contribution in [0.5, 0.6) is 0 Å². The number of carbonyl (C=O) groups excluding carboxylic acids is 2. The van der Waals surface area contributed by atoms with E-state index < -0.39 is 50.6 Å². The highest BCUT2D eigenvalue weighted by molar-refractivity contribution is 9.10. The van der Waals surface area contributed by atoms with Gasteiger partial charge in [0.05, 0.1) is 16.6 Å². The van der Waals surface area contributed by atoms with Crippen molar-refractivity contribution in [2.24, 2.45) is 0 Å². The van der Waals surface area contributed by atoms with E-state index in [9.17, 15) is 27.9 Å². The molecule has 0 aliphatic carbocycles. The number of nitrogens with one attached hydrogen (secondary N) is 1. The lowest BCUT2D eigenvalue weighted by Crippen LogP contribution is -2.60. The number of hydrogen-bond acceptors (Lipinski definition) is 4. The number of hydrazine groups is 1. The number of aryl methyl sites for hydroxylation is 1. The van der Waals surface area contributed by atoms with Gasteiger partial charge >= 0.3 is 0 Å². The Kier molecular flexibility index (Phi) is 6.00. The maximum atomic E-state index is 14.7. The van der Waals surface area contributed by atoms with Gasteiger partial charge in [-0.05, 0) is 60.3 Å². The van der Waals surface area contributed by atoms with Crippen LogP contribution in [0.25, 0.3) is 0 Å². The van der Waals surface area contributed by atoms with E-state index in [1.54, 1.807) is 37.1 Å². The molecule has 2 heterocycles. The lowest BCUT2D eigenvalue weighted by molar-refractivity contribution is -0.160. The average Bonchev–Trinajstić information content (AvgIpc) is 3.15. The Labute approximate surface area is 196 Å². The second-order valence-corrected chi connectivity index (χ2v) is 9.14. The van der Waals surface area contributed by atoms with E-state index in [0.717, 1.165) is 12.1 Å². The van der Waals surface area contributed by atoms with Gasteiger partial charge < -0.3 is 10.4 Å². The number of carbonyl (C=O) groups is 2. The van der Waals surface area contributed by atoms with Crippen LogP contribution in [0.4, 0.5) is 18.9 Å². The number of aliphatic hydroxyl groups excluding tert-OH is 1. The number of amides is 2. The maximum Gasteiger partial charge on any atom is 0.277 e. The van der Waals surface area contributed by atoms with Gasteiger partial charge in [0, 0.05) is 17.8 Å². The van der Waals surface area contributed by atoms with Crippen LogP contribution in [0.3, 0.4) is 0 Å². The number of anilines is 1. The molecule has 0 spiro atoms. The van der Waals surface area contributed by atoms with Crippen LogP contribution in [0, 0.1) is 24.4 Å². The normalized spacial score (nSPS) is 20.9. The van der Waals surface area contributed by atoms with Crippen molar-refractivity contribution in [3.8, 4) is 0 Å². The SMILES string of the molecule is Cc1cccc(CN2C(=O)C(C(=O)Nc3cc(F)c(Br)c(F)c3)=C(O)[C@@]3(C)CCCN23)c1F. The van der Waals surface area contributed by atoms with E-state index in [1.165, 1.54) is 5.01 Å². The molecular formula is C23H21BrF3N3O3. The van der Waals surface area contributed by atoms with Crippen molar-refractivity contribution < 1.29 is 27.9 Å². The van der Waals surface area contributed by atoms with Crippen molar-refractivity contribution in [3.05, 3.63) is 74.7 Å². The van der Waals surface area contributed by atoms with Crippen LogP contribution in [-0.2, 0) is 16.1 Å². The third-order valence-corrected chi connectivity index (χ3v) is 6.91. The fourth-order valence-corrected chi connectivity index (χ4v) is 4.59. The highest BCUT2D eigenvalue weighted by Gasteiger charge is 2.52. The minimum atomic E-state index is -1.06. The highest BCUT2D eigenvalue weighted by atomic mass is 79.9. The molecule has 0 aromatic heterocycles. The van der Waals surface area contributed by atoms with Crippen LogP contribution in [0.1, 0.15) is 30.9 Å². The molecule has 10 heteroatoms. The number of rotatable bonds is 4. The Hall–Kier alpha value is -2.85. The Balaban J connectivity index is 1.72. The van der Waals surface area contributed by atoms with E-state index >= 15 is 0 Å². The molecule has 2 amide bonds. The first-order valence-corrected chi connectivity index (χ1v) is 11.1. The standard InChI is InChI=1S/C23H21BrF3N3O3/c1-12-5-3-6-13(19(12)27)11-29-22(33)17(20(31)23(2)7-4-8-30(23)29)21(32)28-14-9-15(25)18(24)16(26)10-14/h3,5-6,9-10,31H,4,7-8,11H2,1-2H3,(H,28,32)/t23-/m1/s1. The lowest BCUT2D eigenvalue weighted by Gasteiger charge is -2.46. The molecule has 33 heavy (non-hydrogen) atoms. The second kappa shape index (κ2) is 8.49. The number of aliphatic hydroxyl groups is 1. The summed E-state index contributed by atoms with van der Waals surface area (Å²) in [6, 6.07) is 6.61.